The first-order valence-electron chi connectivity index (χ1n) is 6.10. The lowest BCUT2D eigenvalue weighted by molar-refractivity contribution is 0.0992. The van der Waals surface area contributed by atoms with E-state index in [2.05, 4.69) is 9.97 Å². The normalized spacial score (nSPS) is 10.5. The maximum Gasteiger partial charge on any atom is 0.168 e. The molecular weight excluding hydrogens is 236 g/mol. The Hall–Kier alpha value is -2.55. The van der Waals surface area contributed by atoms with Crippen LogP contribution >= 0.6 is 0 Å². The van der Waals surface area contributed by atoms with E-state index in [4.69, 9.17) is 0 Å². The quantitative estimate of drug-likeness (QED) is 0.669. The third kappa shape index (κ3) is 2.50. The van der Waals surface area contributed by atoms with Crippen molar-refractivity contribution in [1.29, 1.82) is 0 Å². The first-order chi connectivity index (χ1) is 9.33. The summed E-state index contributed by atoms with van der Waals surface area (Å²) in [4.78, 5) is 20.3. The van der Waals surface area contributed by atoms with Crippen molar-refractivity contribution in [1.82, 2.24) is 9.97 Å². The fourth-order valence-electron chi connectivity index (χ4n) is 2.05. The van der Waals surface area contributed by atoms with Crippen LogP contribution in [0.4, 0.5) is 0 Å². The Morgan fingerprint density at radius 3 is 2.79 bits per heavy atom. The molecule has 0 bridgehead atoms. The van der Waals surface area contributed by atoms with Crippen LogP contribution in [0.2, 0.25) is 0 Å². The molecule has 3 aromatic rings. The summed E-state index contributed by atoms with van der Waals surface area (Å²) in [5.74, 6) is 0.0799. The Labute approximate surface area is 111 Å². The number of ketones is 1. The highest BCUT2D eigenvalue weighted by atomic mass is 16.1. The summed E-state index contributed by atoms with van der Waals surface area (Å²) in [6, 6.07) is 13.4. The number of pyridine rings is 2. The van der Waals surface area contributed by atoms with Gasteiger partial charge in [0.15, 0.2) is 5.78 Å². The minimum absolute atomic E-state index is 0.0799. The molecule has 0 N–H and O–H groups in total. The zero-order valence-electron chi connectivity index (χ0n) is 10.3. The smallest absolute Gasteiger partial charge is 0.168 e. The number of nitrogens with zero attached hydrogens (tertiary/aromatic N) is 2. The SMILES string of the molecule is O=C(Cc1ccc2ncccc2c1)c1cccnc1. The average Bonchev–Trinajstić information content (AvgIpc) is 2.48. The number of rotatable bonds is 3. The van der Waals surface area contributed by atoms with Crippen LogP contribution in [-0.4, -0.2) is 15.8 Å². The van der Waals surface area contributed by atoms with Crippen LogP contribution in [0.25, 0.3) is 10.9 Å². The minimum atomic E-state index is 0.0799. The van der Waals surface area contributed by atoms with Gasteiger partial charge in [0.2, 0.25) is 0 Å². The third-order valence-corrected chi connectivity index (χ3v) is 3.02. The molecule has 19 heavy (non-hydrogen) atoms. The van der Waals surface area contributed by atoms with Gasteiger partial charge in [0.05, 0.1) is 5.52 Å². The summed E-state index contributed by atoms with van der Waals surface area (Å²) in [5, 5.41) is 1.05. The highest BCUT2D eigenvalue weighted by molar-refractivity contribution is 5.97. The maximum absolute atomic E-state index is 12.1. The zero-order chi connectivity index (χ0) is 13.1. The van der Waals surface area contributed by atoms with E-state index >= 15 is 0 Å². The molecule has 2 aromatic heterocycles. The molecule has 0 unspecified atom stereocenters. The van der Waals surface area contributed by atoms with Crippen molar-refractivity contribution in [3.63, 3.8) is 0 Å². The van der Waals surface area contributed by atoms with Gasteiger partial charge in [-0.3, -0.25) is 14.8 Å². The monoisotopic (exact) mass is 248 g/mol. The summed E-state index contributed by atoms with van der Waals surface area (Å²) in [6.45, 7) is 0. The number of carbonyl (C=O) groups is 1. The first-order valence-corrected chi connectivity index (χ1v) is 6.10. The van der Waals surface area contributed by atoms with E-state index in [9.17, 15) is 4.79 Å². The van der Waals surface area contributed by atoms with E-state index in [1.54, 1.807) is 30.7 Å². The summed E-state index contributed by atoms with van der Waals surface area (Å²) in [6.07, 6.45) is 5.42. The van der Waals surface area contributed by atoms with Gasteiger partial charge < -0.3 is 0 Å². The second-order valence-corrected chi connectivity index (χ2v) is 4.37. The van der Waals surface area contributed by atoms with Crippen LogP contribution in [0.15, 0.2) is 61.1 Å². The van der Waals surface area contributed by atoms with Crippen LogP contribution in [0.5, 0.6) is 0 Å². The summed E-state index contributed by atoms with van der Waals surface area (Å²) in [5.41, 5.74) is 2.59. The zero-order valence-corrected chi connectivity index (χ0v) is 10.3. The largest absolute Gasteiger partial charge is 0.294 e. The van der Waals surface area contributed by atoms with E-state index in [0.717, 1.165) is 16.5 Å². The highest BCUT2D eigenvalue weighted by Crippen LogP contribution is 2.15. The van der Waals surface area contributed by atoms with Gasteiger partial charge in [-0.15, -0.1) is 0 Å². The van der Waals surface area contributed by atoms with Crippen molar-refractivity contribution in [2.75, 3.05) is 0 Å². The van der Waals surface area contributed by atoms with Crippen LogP contribution in [0, 0.1) is 0 Å². The molecule has 0 aliphatic carbocycles. The van der Waals surface area contributed by atoms with E-state index in [1.165, 1.54) is 0 Å². The molecule has 3 nitrogen and oxygen atoms in total. The van der Waals surface area contributed by atoms with Gasteiger partial charge in [0.25, 0.3) is 0 Å². The van der Waals surface area contributed by atoms with Crippen molar-refractivity contribution in [2.24, 2.45) is 0 Å². The second-order valence-electron chi connectivity index (χ2n) is 4.37. The third-order valence-electron chi connectivity index (χ3n) is 3.02. The number of fused-ring (bicyclic) bond motifs is 1. The first kappa shape index (κ1) is 11.5. The van der Waals surface area contributed by atoms with E-state index in [0.29, 0.717) is 12.0 Å². The molecule has 0 atom stereocenters. The molecule has 1 aromatic carbocycles. The predicted molar refractivity (Wildman–Crippen MR) is 74.0 cm³/mol. The topological polar surface area (TPSA) is 42.9 Å². The van der Waals surface area contributed by atoms with Crippen molar-refractivity contribution >= 4 is 16.7 Å². The fraction of sp³-hybridized carbons (Fsp3) is 0.0625. The molecule has 0 saturated carbocycles. The number of benzene rings is 1. The van der Waals surface area contributed by atoms with Crippen LogP contribution in [-0.2, 0) is 6.42 Å². The average molecular weight is 248 g/mol. The predicted octanol–water partition coefficient (Wildman–Crippen LogP) is 3.06. The summed E-state index contributed by atoms with van der Waals surface area (Å²) in [7, 11) is 0. The van der Waals surface area contributed by atoms with Crippen molar-refractivity contribution in [3.8, 4) is 0 Å². The number of carbonyl (C=O) groups excluding carboxylic acids is 1. The molecule has 3 heteroatoms. The summed E-state index contributed by atoms with van der Waals surface area (Å²) >= 11 is 0. The maximum atomic E-state index is 12.1. The van der Waals surface area contributed by atoms with Crippen LogP contribution < -0.4 is 0 Å². The van der Waals surface area contributed by atoms with E-state index in [1.807, 2.05) is 30.3 Å². The van der Waals surface area contributed by atoms with Gasteiger partial charge >= 0.3 is 0 Å². The Bertz CT molecular complexity index is 723. The Morgan fingerprint density at radius 1 is 1.05 bits per heavy atom. The molecule has 0 fully saturated rings. The molecular formula is C16H12N2O. The van der Waals surface area contributed by atoms with E-state index in [-0.39, 0.29) is 5.78 Å². The molecule has 0 aliphatic rings. The molecule has 0 radical (unpaired) electrons. The Kier molecular flexibility index (Phi) is 3.02. The fourth-order valence-corrected chi connectivity index (χ4v) is 2.05. The molecule has 92 valence electrons. The molecule has 0 aliphatic heterocycles. The minimum Gasteiger partial charge on any atom is -0.294 e. The Balaban J connectivity index is 1.87. The molecule has 0 amide bonds. The highest BCUT2D eigenvalue weighted by Gasteiger charge is 2.07. The number of aromatic nitrogens is 2. The lowest BCUT2D eigenvalue weighted by Crippen LogP contribution is -2.03. The van der Waals surface area contributed by atoms with Crippen LogP contribution in [0.3, 0.4) is 0 Å². The number of Topliss-reactive ketones (excluding diaryl/α,β-unsaturated/α-hetero) is 1. The van der Waals surface area contributed by atoms with E-state index < -0.39 is 0 Å². The number of hydrogen-bond donors (Lipinski definition) is 0. The molecule has 0 spiro atoms. The Morgan fingerprint density at radius 2 is 1.95 bits per heavy atom. The second kappa shape index (κ2) is 4.98. The van der Waals surface area contributed by atoms with Crippen molar-refractivity contribution in [3.05, 3.63) is 72.2 Å². The molecule has 2 heterocycles. The van der Waals surface area contributed by atoms with Crippen molar-refractivity contribution < 1.29 is 4.79 Å². The van der Waals surface area contributed by atoms with Gasteiger partial charge in [0, 0.05) is 36.0 Å². The standard InChI is InChI=1S/C16H12N2O/c19-16(14-4-1-7-17-11-14)10-12-5-6-15-13(9-12)3-2-8-18-15/h1-9,11H,10H2. The lowest BCUT2D eigenvalue weighted by atomic mass is 10.0. The summed E-state index contributed by atoms with van der Waals surface area (Å²) < 4.78 is 0. The van der Waals surface area contributed by atoms with Crippen molar-refractivity contribution in [2.45, 2.75) is 6.42 Å². The van der Waals surface area contributed by atoms with Gasteiger partial charge in [-0.05, 0) is 35.9 Å². The van der Waals surface area contributed by atoms with Crippen LogP contribution in [0.1, 0.15) is 15.9 Å². The van der Waals surface area contributed by atoms with Gasteiger partial charge in [-0.1, -0.05) is 12.1 Å². The number of hydrogen-bond acceptors (Lipinski definition) is 3. The molecule has 0 saturated heterocycles. The van der Waals surface area contributed by atoms with Gasteiger partial charge in [-0.25, -0.2) is 0 Å². The molecule has 3 rings (SSSR count). The van der Waals surface area contributed by atoms with Gasteiger partial charge in [0.1, 0.15) is 0 Å². The van der Waals surface area contributed by atoms with Gasteiger partial charge in [-0.2, -0.15) is 0 Å². The lowest BCUT2D eigenvalue weighted by Gasteiger charge is -2.03.